The first-order chi connectivity index (χ1) is 8.63. The molecule has 2 N–H and O–H groups in total. The van der Waals surface area contributed by atoms with Crippen molar-refractivity contribution >= 4 is 23.4 Å². The summed E-state index contributed by atoms with van der Waals surface area (Å²) in [6.45, 7) is 0.715. The molecule has 1 heterocycles. The summed E-state index contributed by atoms with van der Waals surface area (Å²) in [7, 11) is 1.54. The van der Waals surface area contributed by atoms with Crippen LogP contribution >= 0.6 is 11.6 Å². The smallest absolute Gasteiger partial charge is 0.270 e. The van der Waals surface area contributed by atoms with Crippen molar-refractivity contribution in [3.63, 3.8) is 0 Å². The lowest BCUT2D eigenvalue weighted by Gasteiger charge is -2.06. The highest BCUT2D eigenvalue weighted by molar-refractivity contribution is 6.30. The summed E-state index contributed by atoms with van der Waals surface area (Å²) in [5, 5.41) is 5.43. The number of ether oxygens (including phenoxy) is 1. The number of pyridine rings is 1. The van der Waals surface area contributed by atoms with Gasteiger partial charge in [-0.25, -0.2) is 0 Å². The number of aromatic nitrogens is 1. The number of carbonyl (C=O) groups excluding carboxylic acids is 2. The fourth-order valence-electron chi connectivity index (χ4n) is 1.14. The Labute approximate surface area is 110 Å². The first-order valence-corrected chi connectivity index (χ1v) is 5.66. The summed E-state index contributed by atoms with van der Waals surface area (Å²) in [5.74, 6) is -0.734. The van der Waals surface area contributed by atoms with Crippen molar-refractivity contribution in [3.05, 3.63) is 29.0 Å². The minimum atomic E-state index is -0.445. The maximum atomic E-state index is 11.6. The van der Waals surface area contributed by atoms with Crippen molar-refractivity contribution in [1.29, 1.82) is 0 Å². The molecule has 0 aliphatic carbocycles. The Morgan fingerprint density at radius 3 is 2.89 bits per heavy atom. The van der Waals surface area contributed by atoms with Crippen molar-refractivity contribution in [2.24, 2.45) is 0 Å². The molecule has 0 atom stereocenters. The number of hydrogen-bond donors (Lipinski definition) is 2. The van der Waals surface area contributed by atoms with Gasteiger partial charge in [-0.2, -0.15) is 0 Å². The van der Waals surface area contributed by atoms with Crippen LogP contribution in [0.1, 0.15) is 10.5 Å². The molecule has 7 heteroatoms. The minimum Gasteiger partial charge on any atom is -0.383 e. The molecule has 1 aromatic rings. The molecule has 1 aromatic heterocycles. The second-order valence-electron chi connectivity index (χ2n) is 3.38. The third-order valence-corrected chi connectivity index (χ3v) is 2.23. The van der Waals surface area contributed by atoms with Gasteiger partial charge in [-0.05, 0) is 12.1 Å². The fraction of sp³-hybridized carbons (Fsp3) is 0.364. The zero-order valence-electron chi connectivity index (χ0n) is 9.90. The van der Waals surface area contributed by atoms with Crippen LogP contribution in [-0.2, 0) is 9.53 Å². The molecule has 6 nitrogen and oxygen atoms in total. The molecule has 0 radical (unpaired) electrons. The van der Waals surface area contributed by atoms with E-state index in [0.717, 1.165) is 0 Å². The molecule has 0 saturated carbocycles. The van der Waals surface area contributed by atoms with Gasteiger partial charge in [0.25, 0.3) is 5.91 Å². The van der Waals surface area contributed by atoms with Crippen molar-refractivity contribution in [1.82, 2.24) is 15.6 Å². The Morgan fingerprint density at radius 1 is 1.44 bits per heavy atom. The molecule has 0 saturated heterocycles. The van der Waals surface area contributed by atoms with Gasteiger partial charge in [0.15, 0.2) is 0 Å². The zero-order chi connectivity index (χ0) is 13.4. The van der Waals surface area contributed by atoms with E-state index in [-0.39, 0.29) is 18.1 Å². The molecule has 2 amide bonds. The van der Waals surface area contributed by atoms with Gasteiger partial charge < -0.3 is 15.4 Å². The number of nitrogens with one attached hydrogen (secondary N) is 2. The fourth-order valence-corrected chi connectivity index (χ4v) is 1.29. The van der Waals surface area contributed by atoms with E-state index in [2.05, 4.69) is 15.6 Å². The lowest BCUT2D eigenvalue weighted by atomic mass is 10.3. The Hall–Kier alpha value is -1.66. The van der Waals surface area contributed by atoms with Gasteiger partial charge in [0.1, 0.15) is 5.69 Å². The first-order valence-electron chi connectivity index (χ1n) is 5.29. The van der Waals surface area contributed by atoms with Gasteiger partial charge in [-0.15, -0.1) is 0 Å². The van der Waals surface area contributed by atoms with Crippen LogP contribution in [0.2, 0.25) is 5.02 Å². The van der Waals surface area contributed by atoms with E-state index in [1.54, 1.807) is 13.2 Å². The second kappa shape index (κ2) is 7.62. The molecule has 0 bridgehead atoms. The molecule has 1 rings (SSSR count). The van der Waals surface area contributed by atoms with E-state index >= 15 is 0 Å². The van der Waals surface area contributed by atoms with E-state index in [0.29, 0.717) is 18.2 Å². The zero-order valence-corrected chi connectivity index (χ0v) is 10.7. The second-order valence-corrected chi connectivity index (χ2v) is 3.82. The summed E-state index contributed by atoms with van der Waals surface area (Å²) in [5.41, 5.74) is 0.173. The Bertz CT molecular complexity index is 426. The van der Waals surface area contributed by atoms with Gasteiger partial charge in [-0.1, -0.05) is 11.6 Å². The van der Waals surface area contributed by atoms with E-state index in [1.165, 1.54) is 12.3 Å². The molecule has 0 aromatic carbocycles. The number of rotatable bonds is 6. The van der Waals surface area contributed by atoms with Crippen molar-refractivity contribution in [2.45, 2.75) is 0 Å². The van der Waals surface area contributed by atoms with Crippen LogP contribution < -0.4 is 10.6 Å². The molecular weight excluding hydrogens is 258 g/mol. The van der Waals surface area contributed by atoms with E-state index in [1.807, 2.05) is 0 Å². The molecule has 0 fully saturated rings. The number of methoxy groups -OCH3 is 1. The van der Waals surface area contributed by atoms with Gasteiger partial charge in [0.05, 0.1) is 13.2 Å². The maximum absolute atomic E-state index is 11.6. The molecule has 0 spiro atoms. The van der Waals surface area contributed by atoms with Crippen LogP contribution in [0.15, 0.2) is 18.3 Å². The molecule has 0 aliphatic rings. The highest BCUT2D eigenvalue weighted by atomic mass is 35.5. The third kappa shape index (κ3) is 5.11. The first kappa shape index (κ1) is 14.4. The van der Waals surface area contributed by atoms with Crippen molar-refractivity contribution in [3.8, 4) is 0 Å². The quantitative estimate of drug-likeness (QED) is 0.726. The topological polar surface area (TPSA) is 80.3 Å². The number of amides is 2. The molecule has 18 heavy (non-hydrogen) atoms. The van der Waals surface area contributed by atoms with Gasteiger partial charge in [0, 0.05) is 24.9 Å². The average Bonchev–Trinajstić information content (AvgIpc) is 2.36. The van der Waals surface area contributed by atoms with E-state index < -0.39 is 5.91 Å². The minimum absolute atomic E-state index is 0.114. The van der Waals surface area contributed by atoms with Crippen LogP contribution in [-0.4, -0.2) is 43.6 Å². The number of hydrogen-bond acceptors (Lipinski definition) is 4. The standard InChI is InChI=1S/C11H14ClN3O3/c1-18-5-4-14-10(16)7-15-11(17)9-6-8(12)2-3-13-9/h2-3,6H,4-5,7H2,1H3,(H,14,16)(H,15,17). The van der Waals surface area contributed by atoms with E-state index in [9.17, 15) is 9.59 Å². The van der Waals surface area contributed by atoms with Gasteiger partial charge in [0.2, 0.25) is 5.91 Å². The van der Waals surface area contributed by atoms with Crippen LogP contribution in [0.4, 0.5) is 0 Å². The van der Waals surface area contributed by atoms with Crippen LogP contribution in [0.25, 0.3) is 0 Å². The van der Waals surface area contributed by atoms with Crippen molar-refractivity contribution in [2.75, 3.05) is 26.8 Å². The largest absolute Gasteiger partial charge is 0.383 e. The van der Waals surface area contributed by atoms with Crippen LogP contribution in [0.3, 0.4) is 0 Å². The van der Waals surface area contributed by atoms with Crippen LogP contribution in [0.5, 0.6) is 0 Å². The Kier molecular flexibility index (Phi) is 6.10. The number of halogens is 1. The lowest BCUT2D eigenvalue weighted by Crippen LogP contribution is -2.38. The SMILES string of the molecule is COCCNC(=O)CNC(=O)c1cc(Cl)ccn1. The summed E-state index contributed by atoms with van der Waals surface area (Å²) < 4.78 is 4.77. The van der Waals surface area contributed by atoms with Crippen LogP contribution in [0, 0.1) is 0 Å². The lowest BCUT2D eigenvalue weighted by molar-refractivity contribution is -0.120. The van der Waals surface area contributed by atoms with Crippen molar-refractivity contribution < 1.29 is 14.3 Å². The molecule has 0 aliphatic heterocycles. The predicted octanol–water partition coefficient (Wildman–Crippen LogP) is 0.227. The summed E-state index contributed by atoms with van der Waals surface area (Å²) in [4.78, 5) is 26.7. The summed E-state index contributed by atoms with van der Waals surface area (Å²) in [6, 6.07) is 3.00. The van der Waals surface area contributed by atoms with Gasteiger partial charge in [-0.3, -0.25) is 14.6 Å². The molecule has 98 valence electrons. The average molecular weight is 272 g/mol. The Balaban J connectivity index is 2.35. The normalized spacial score (nSPS) is 9.89. The summed E-state index contributed by atoms with van der Waals surface area (Å²) >= 11 is 5.72. The molecule has 0 unspecified atom stereocenters. The van der Waals surface area contributed by atoms with E-state index in [4.69, 9.17) is 16.3 Å². The molecular formula is C11H14ClN3O3. The Morgan fingerprint density at radius 2 is 2.22 bits per heavy atom. The predicted molar refractivity (Wildman–Crippen MR) is 66.5 cm³/mol. The monoisotopic (exact) mass is 271 g/mol. The maximum Gasteiger partial charge on any atom is 0.270 e. The highest BCUT2D eigenvalue weighted by Crippen LogP contribution is 2.07. The highest BCUT2D eigenvalue weighted by Gasteiger charge is 2.09. The third-order valence-electron chi connectivity index (χ3n) is 1.99. The van der Waals surface area contributed by atoms with Gasteiger partial charge >= 0.3 is 0 Å². The number of nitrogens with zero attached hydrogens (tertiary/aromatic N) is 1. The summed E-state index contributed by atoms with van der Waals surface area (Å²) in [6.07, 6.45) is 1.43. The number of carbonyl (C=O) groups is 2.